The largest absolute Gasteiger partial charge is 0.453 e. The van der Waals surface area contributed by atoms with Gasteiger partial charge in [0.25, 0.3) is 5.91 Å². The minimum Gasteiger partial charge on any atom is -0.453 e. The van der Waals surface area contributed by atoms with Crippen LogP contribution < -0.4 is 5.32 Å². The predicted octanol–water partition coefficient (Wildman–Crippen LogP) is 5.22. The van der Waals surface area contributed by atoms with Crippen LogP contribution in [0.3, 0.4) is 0 Å². The number of rotatable bonds is 7. The van der Waals surface area contributed by atoms with Crippen LogP contribution in [0.4, 0.5) is 0 Å². The molecule has 0 saturated heterocycles. The average molecular weight is 405 g/mol. The van der Waals surface area contributed by atoms with Gasteiger partial charge in [-0.1, -0.05) is 29.8 Å². The van der Waals surface area contributed by atoms with Crippen molar-refractivity contribution in [3.63, 3.8) is 0 Å². The fraction of sp³-hybridized carbons (Fsp3) is 0.300. The molecule has 2 aromatic heterocycles. The monoisotopic (exact) mass is 404 g/mol. The van der Waals surface area contributed by atoms with Gasteiger partial charge < -0.3 is 14.5 Å². The standard InChI is InChI=1S/C20H21ClN2O3S/c1-12(2)25-11-14-8-9-17(26-14)19(24)22-10-18-13(3)23-20(27-18)15-6-4-5-7-16(15)21/h4-9,12H,10-11H2,1-3H3,(H,22,24). The second-order valence-electron chi connectivity index (χ2n) is 6.32. The Hall–Kier alpha value is -2.15. The zero-order valence-electron chi connectivity index (χ0n) is 15.4. The molecule has 0 radical (unpaired) electrons. The number of aromatic nitrogens is 1. The van der Waals surface area contributed by atoms with Crippen molar-refractivity contribution in [3.05, 3.63) is 63.5 Å². The van der Waals surface area contributed by atoms with E-state index in [4.69, 9.17) is 20.8 Å². The van der Waals surface area contributed by atoms with Crippen molar-refractivity contribution in [3.8, 4) is 10.6 Å². The highest BCUT2D eigenvalue weighted by atomic mass is 35.5. The summed E-state index contributed by atoms with van der Waals surface area (Å²) in [5.74, 6) is 0.632. The van der Waals surface area contributed by atoms with Gasteiger partial charge in [0.15, 0.2) is 5.76 Å². The topological polar surface area (TPSA) is 64.4 Å². The summed E-state index contributed by atoms with van der Waals surface area (Å²) in [4.78, 5) is 17.9. The summed E-state index contributed by atoms with van der Waals surface area (Å²) in [7, 11) is 0. The highest BCUT2D eigenvalue weighted by Gasteiger charge is 2.15. The predicted molar refractivity (Wildman–Crippen MR) is 107 cm³/mol. The summed E-state index contributed by atoms with van der Waals surface area (Å²) in [5.41, 5.74) is 1.77. The van der Waals surface area contributed by atoms with Crippen LogP contribution >= 0.6 is 22.9 Å². The molecule has 142 valence electrons. The second-order valence-corrected chi connectivity index (χ2v) is 7.81. The van der Waals surface area contributed by atoms with Crippen molar-refractivity contribution in [2.45, 2.75) is 40.0 Å². The van der Waals surface area contributed by atoms with Crippen molar-refractivity contribution in [1.29, 1.82) is 0 Å². The number of carbonyl (C=O) groups excluding carboxylic acids is 1. The number of carbonyl (C=O) groups is 1. The highest BCUT2D eigenvalue weighted by molar-refractivity contribution is 7.15. The van der Waals surface area contributed by atoms with E-state index in [1.165, 1.54) is 11.3 Å². The molecule has 0 aliphatic heterocycles. The molecule has 0 saturated carbocycles. The third-order valence-corrected chi connectivity index (χ3v) is 5.37. The number of furan rings is 1. The Morgan fingerprint density at radius 2 is 2.07 bits per heavy atom. The maximum absolute atomic E-state index is 12.3. The van der Waals surface area contributed by atoms with Crippen molar-refractivity contribution < 1.29 is 13.9 Å². The number of thiazole rings is 1. The van der Waals surface area contributed by atoms with Crippen LogP contribution in [0.1, 0.15) is 40.7 Å². The van der Waals surface area contributed by atoms with Gasteiger partial charge in [-0.15, -0.1) is 11.3 Å². The fourth-order valence-corrected chi connectivity index (χ4v) is 3.74. The zero-order valence-corrected chi connectivity index (χ0v) is 17.0. The fourth-order valence-electron chi connectivity index (χ4n) is 2.42. The molecule has 0 atom stereocenters. The summed E-state index contributed by atoms with van der Waals surface area (Å²) in [6, 6.07) is 11.0. The molecule has 7 heteroatoms. The Morgan fingerprint density at radius 1 is 1.30 bits per heavy atom. The molecular formula is C20H21ClN2O3S. The molecule has 0 bridgehead atoms. The van der Waals surface area contributed by atoms with Gasteiger partial charge in [-0.05, 0) is 39.0 Å². The molecule has 0 fully saturated rings. The van der Waals surface area contributed by atoms with Gasteiger partial charge >= 0.3 is 0 Å². The summed E-state index contributed by atoms with van der Waals surface area (Å²) >= 11 is 7.77. The average Bonchev–Trinajstić information content (AvgIpc) is 3.25. The Bertz CT molecular complexity index is 933. The summed E-state index contributed by atoms with van der Waals surface area (Å²) in [6.45, 7) is 6.55. The van der Waals surface area contributed by atoms with Crippen molar-refractivity contribution >= 4 is 28.8 Å². The first-order chi connectivity index (χ1) is 12.9. The van der Waals surface area contributed by atoms with Crippen LogP contribution in [0, 0.1) is 6.92 Å². The molecule has 0 aliphatic rings. The molecule has 0 unspecified atom stereocenters. The maximum Gasteiger partial charge on any atom is 0.287 e. The van der Waals surface area contributed by atoms with E-state index in [1.54, 1.807) is 12.1 Å². The summed E-state index contributed by atoms with van der Waals surface area (Å²) in [6.07, 6.45) is 0.106. The van der Waals surface area contributed by atoms with Gasteiger partial charge in [0.2, 0.25) is 0 Å². The number of hydrogen-bond acceptors (Lipinski definition) is 5. The van der Waals surface area contributed by atoms with Gasteiger partial charge in [0.05, 0.1) is 23.4 Å². The molecule has 3 aromatic rings. The first kappa shape index (κ1) is 19.6. The lowest BCUT2D eigenvalue weighted by Gasteiger charge is -2.04. The SMILES string of the molecule is Cc1nc(-c2ccccc2Cl)sc1CNC(=O)c1ccc(COC(C)C)o1. The number of aryl methyl sites for hydroxylation is 1. The van der Waals surface area contributed by atoms with Gasteiger partial charge in [-0.25, -0.2) is 4.98 Å². The molecule has 0 aliphatic carbocycles. The van der Waals surface area contributed by atoms with Gasteiger partial charge in [0, 0.05) is 10.4 Å². The number of hydrogen-bond donors (Lipinski definition) is 1. The number of ether oxygens (including phenoxy) is 1. The van der Waals surface area contributed by atoms with Crippen LogP contribution in [-0.4, -0.2) is 17.0 Å². The lowest BCUT2D eigenvalue weighted by molar-refractivity contribution is 0.0535. The van der Waals surface area contributed by atoms with Gasteiger partial charge in [-0.3, -0.25) is 4.79 Å². The van der Waals surface area contributed by atoms with E-state index in [2.05, 4.69) is 10.3 Å². The van der Waals surface area contributed by atoms with E-state index in [9.17, 15) is 4.79 Å². The van der Waals surface area contributed by atoms with Crippen LogP contribution in [-0.2, 0) is 17.9 Å². The van der Waals surface area contributed by atoms with E-state index in [-0.39, 0.29) is 17.8 Å². The molecule has 1 amide bonds. The summed E-state index contributed by atoms with van der Waals surface area (Å²) in [5, 5.41) is 4.38. The molecule has 27 heavy (non-hydrogen) atoms. The smallest absolute Gasteiger partial charge is 0.287 e. The minimum atomic E-state index is -0.266. The van der Waals surface area contributed by atoms with Crippen molar-refractivity contribution in [1.82, 2.24) is 10.3 Å². The number of nitrogens with zero attached hydrogens (tertiary/aromatic N) is 1. The van der Waals surface area contributed by atoms with E-state index >= 15 is 0 Å². The van der Waals surface area contributed by atoms with Crippen LogP contribution in [0.2, 0.25) is 5.02 Å². The first-order valence-corrected chi connectivity index (χ1v) is 9.83. The number of nitrogens with one attached hydrogen (secondary N) is 1. The molecule has 2 heterocycles. The van der Waals surface area contributed by atoms with E-state index < -0.39 is 0 Å². The van der Waals surface area contributed by atoms with Crippen molar-refractivity contribution in [2.75, 3.05) is 0 Å². The van der Waals surface area contributed by atoms with Crippen LogP contribution in [0.15, 0.2) is 40.8 Å². The first-order valence-electron chi connectivity index (χ1n) is 8.63. The molecule has 5 nitrogen and oxygen atoms in total. The number of halogens is 1. The van der Waals surface area contributed by atoms with Gasteiger partial charge in [-0.2, -0.15) is 0 Å². The van der Waals surface area contributed by atoms with E-state index in [1.807, 2.05) is 45.0 Å². The second kappa shape index (κ2) is 8.69. The Balaban J connectivity index is 1.63. The van der Waals surface area contributed by atoms with Gasteiger partial charge in [0.1, 0.15) is 17.4 Å². The molecule has 3 rings (SSSR count). The quantitative estimate of drug-likeness (QED) is 0.586. The Labute approximate surface area is 167 Å². The third-order valence-electron chi connectivity index (χ3n) is 3.85. The van der Waals surface area contributed by atoms with E-state index in [0.717, 1.165) is 21.1 Å². The Kier molecular flexibility index (Phi) is 6.31. The lowest BCUT2D eigenvalue weighted by Crippen LogP contribution is -2.22. The number of amides is 1. The molecule has 1 N–H and O–H groups in total. The normalized spacial score (nSPS) is 11.1. The molecule has 1 aromatic carbocycles. The molecule has 0 spiro atoms. The maximum atomic E-state index is 12.3. The van der Waals surface area contributed by atoms with Crippen LogP contribution in [0.25, 0.3) is 10.6 Å². The van der Waals surface area contributed by atoms with Crippen molar-refractivity contribution in [2.24, 2.45) is 0 Å². The number of benzene rings is 1. The molecular weight excluding hydrogens is 384 g/mol. The lowest BCUT2D eigenvalue weighted by atomic mass is 10.2. The van der Waals surface area contributed by atoms with E-state index in [0.29, 0.717) is 23.9 Å². The Morgan fingerprint density at radius 3 is 2.81 bits per heavy atom. The van der Waals surface area contributed by atoms with Crippen LogP contribution in [0.5, 0.6) is 0 Å². The summed E-state index contributed by atoms with van der Waals surface area (Å²) < 4.78 is 11.0. The zero-order chi connectivity index (χ0) is 19.4. The third kappa shape index (κ3) is 4.97. The minimum absolute atomic E-state index is 0.106. The highest BCUT2D eigenvalue weighted by Crippen LogP contribution is 2.32.